The second kappa shape index (κ2) is 6.44. The highest BCUT2D eigenvalue weighted by Crippen LogP contribution is 2.27. The fourth-order valence-electron chi connectivity index (χ4n) is 1.75. The molecule has 1 aliphatic heterocycles. The number of hydrogen-bond acceptors (Lipinski definition) is 5. The number of anilines is 2. The topological polar surface area (TPSA) is 49.8 Å². The van der Waals surface area contributed by atoms with Gasteiger partial charge in [-0.1, -0.05) is 0 Å². The van der Waals surface area contributed by atoms with Crippen LogP contribution in [-0.4, -0.2) is 34.1 Å². The van der Waals surface area contributed by atoms with Crippen molar-refractivity contribution >= 4 is 39.5 Å². The van der Waals surface area contributed by atoms with E-state index in [0.717, 1.165) is 28.6 Å². The number of nitrogens with zero attached hydrogens (tertiary/aromatic N) is 2. The lowest BCUT2D eigenvalue weighted by Gasteiger charge is -2.12. The average Bonchev–Trinajstić information content (AvgIpc) is 2.83. The minimum atomic E-state index is 0.678. The van der Waals surface area contributed by atoms with E-state index >= 15 is 0 Å². The van der Waals surface area contributed by atoms with Crippen molar-refractivity contribution in [3.8, 4) is 0 Å². The number of aromatic nitrogens is 2. The summed E-state index contributed by atoms with van der Waals surface area (Å²) >= 11 is 5.51. The molecule has 0 bridgehead atoms. The molecule has 1 saturated heterocycles. The summed E-state index contributed by atoms with van der Waals surface area (Å²) in [6.07, 6.45) is 4.43. The van der Waals surface area contributed by atoms with Crippen molar-refractivity contribution in [1.82, 2.24) is 9.97 Å². The maximum Gasteiger partial charge on any atom is 0.224 e. The van der Waals surface area contributed by atoms with E-state index in [4.69, 9.17) is 0 Å². The molecule has 6 heteroatoms. The number of thioether (sulfide) groups is 1. The summed E-state index contributed by atoms with van der Waals surface area (Å²) in [4.78, 5) is 8.63. The first-order valence-corrected chi connectivity index (χ1v) is 7.75. The Bertz CT molecular complexity index is 368. The van der Waals surface area contributed by atoms with Crippen LogP contribution in [0.1, 0.15) is 19.8 Å². The zero-order valence-electron chi connectivity index (χ0n) is 9.87. The second-order valence-electron chi connectivity index (χ2n) is 3.94. The molecule has 0 saturated carbocycles. The molecule has 1 fully saturated rings. The fourth-order valence-corrected chi connectivity index (χ4v) is 3.28. The van der Waals surface area contributed by atoms with E-state index in [1.807, 2.05) is 18.7 Å². The molecule has 0 spiro atoms. The first-order valence-electron chi connectivity index (χ1n) is 5.91. The van der Waals surface area contributed by atoms with Crippen molar-refractivity contribution in [2.24, 2.45) is 0 Å². The van der Waals surface area contributed by atoms with Crippen molar-refractivity contribution in [3.63, 3.8) is 0 Å². The minimum Gasteiger partial charge on any atom is -0.368 e. The highest BCUT2D eigenvalue weighted by atomic mass is 79.9. The van der Waals surface area contributed by atoms with Gasteiger partial charge in [0.1, 0.15) is 5.82 Å². The number of nitrogens with one attached hydrogen (secondary N) is 2. The van der Waals surface area contributed by atoms with Crippen molar-refractivity contribution < 1.29 is 0 Å². The molecule has 0 aliphatic carbocycles. The molecule has 1 aromatic heterocycles. The first kappa shape index (κ1) is 13.0. The van der Waals surface area contributed by atoms with E-state index in [1.165, 1.54) is 18.6 Å². The average molecular weight is 317 g/mol. The van der Waals surface area contributed by atoms with E-state index in [-0.39, 0.29) is 0 Å². The molecular weight excluding hydrogens is 300 g/mol. The van der Waals surface area contributed by atoms with Crippen LogP contribution in [0.2, 0.25) is 0 Å². The molecule has 0 aromatic carbocycles. The van der Waals surface area contributed by atoms with Gasteiger partial charge in [-0.3, -0.25) is 0 Å². The van der Waals surface area contributed by atoms with Gasteiger partial charge in [0, 0.05) is 24.5 Å². The third kappa shape index (κ3) is 3.74. The van der Waals surface area contributed by atoms with Crippen LogP contribution in [0, 0.1) is 0 Å². The van der Waals surface area contributed by atoms with Gasteiger partial charge >= 0.3 is 0 Å². The maximum absolute atomic E-state index is 4.43. The highest BCUT2D eigenvalue weighted by molar-refractivity contribution is 9.10. The van der Waals surface area contributed by atoms with Gasteiger partial charge in [0.2, 0.25) is 5.95 Å². The molecule has 1 unspecified atom stereocenters. The quantitative estimate of drug-likeness (QED) is 0.874. The van der Waals surface area contributed by atoms with E-state index in [9.17, 15) is 0 Å². The largest absolute Gasteiger partial charge is 0.368 e. The molecule has 4 nitrogen and oxygen atoms in total. The van der Waals surface area contributed by atoms with Crippen molar-refractivity contribution in [2.45, 2.75) is 25.0 Å². The lowest BCUT2D eigenvalue weighted by Crippen LogP contribution is -2.15. The molecule has 94 valence electrons. The summed E-state index contributed by atoms with van der Waals surface area (Å²) in [6.45, 7) is 3.85. The Hall–Kier alpha value is -0.490. The number of halogens is 1. The van der Waals surface area contributed by atoms with Crippen LogP contribution in [0.25, 0.3) is 0 Å². The Morgan fingerprint density at radius 2 is 2.41 bits per heavy atom. The predicted octanol–water partition coefficient (Wildman–Crippen LogP) is 2.98. The first-order chi connectivity index (χ1) is 8.29. The summed E-state index contributed by atoms with van der Waals surface area (Å²) in [7, 11) is 0. The summed E-state index contributed by atoms with van der Waals surface area (Å²) in [5.74, 6) is 2.85. The van der Waals surface area contributed by atoms with Crippen molar-refractivity contribution in [3.05, 3.63) is 10.7 Å². The zero-order valence-corrected chi connectivity index (χ0v) is 12.3. The maximum atomic E-state index is 4.43. The Morgan fingerprint density at radius 1 is 1.53 bits per heavy atom. The molecule has 2 heterocycles. The molecule has 1 atom stereocenters. The van der Waals surface area contributed by atoms with Crippen molar-refractivity contribution in [1.29, 1.82) is 0 Å². The van der Waals surface area contributed by atoms with Crippen LogP contribution < -0.4 is 10.6 Å². The normalized spacial score (nSPS) is 19.3. The van der Waals surface area contributed by atoms with Crippen LogP contribution in [0.3, 0.4) is 0 Å². The molecule has 17 heavy (non-hydrogen) atoms. The van der Waals surface area contributed by atoms with Gasteiger partial charge < -0.3 is 10.6 Å². The van der Waals surface area contributed by atoms with Gasteiger partial charge in [-0.15, -0.1) is 0 Å². The molecule has 1 aliphatic rings. The lowest BCUT2D eigenvalue weighted by molar-refractivity contribution is 0.802. The van der Waals surface area contributed by atoms with Crippen LogP contribution >= 0.6 is 27.7 Å². The second-order valence-corrected chi connectivity index (χ2v) is 6.20. The van der Waals surface area contributed by atoms with E-state index in [2.05, 4.69) is 36.5 Å². The van der Waals surface area contributed by atoms with Gasteiger partial charge in [0.25, 0.3) is 0 Å². The lowest BCUT2D eigenvalue weighted by atomic mass is 10.2. The van der Waals surface area contributed by atoms with Crippen LogP contribution in [0.4, 0.5) is 11.8 Å². The van der Waals surface area contributed by atoms with E-state index in [1.54, 1.807) is 6.20 Å². The van der Waals surface area contributed by atoms with Gasteiger partial charge in [-0.05, 0) is 41.4 Å². The van der Waals surface area contributed by atoms with E-state index < -0.39 is 0 Å². The van der Waals surface area contributed by atoms with Crippen molar-refractivity contribution in [2.75, 3.05) is 29.5 Å². The van der Waals surface area contributed by atoms with E-state index in [0.29, 0.717) is 5.95 Å². The summed E-state index contributed by atoms with van der Waals surface area (Å²) in [6, 6.07) is 0. The Kier molecular flexibility index (Phi) is 4.91. The molecular formula is C11H17BrN4S. The molecule has 0 radical (unpaired) electrons. The molecule has 2 N–H and O–H groups in total. The van der Waals surface area contributed by atoms with Gasteiger partial charge in [0.05, 0.1) is 4.47 Å². The third-order valence-electron chi connectivity index (χ3n) is 2.60. The Balaban J connectivity index is 1.95. The highest BCUT2D eigenvalue weighted by Gasteiger charge is 2.15. The Morgan fingerprint density at radius 3 is 3.12 bits per heavy atom. The van der Waals surface area contributed by atoms with Gasteiger partial charge in [0.15, 0.2) is 0 Å². The van der Waals surface area contributed by atoms with Crippen LogP contribution in [-0.2, 0) is 0 Å². The third-order valence-corrected chi connectivity index (χ3v) is 4.58. The molecule has 2 rings (SSSR count). The fraction of sp³-hybridized carbons (Fsp3) is 0.636. The van der Waals surface area contributed by atoms with Gasteiger partial charge in [-0.25, -0.2) is 4.98 Å². The minimum absolute atomic E-state index is 0.678. The Labute approximate surface area is 115 Å². The standard InChI is InChI=1S/C11H17BrN4S/c1-2-13-11-15-7-9(12)10(16-11)14-6-8-4-3-5-17-8/h7-8H,2-6H2,1H3,(H2,13,14,15,16). The predicted molar refractivity (Wildman–Crippen MR) is 77.9 cm³/mol. The smallest absolute Gasteiger partial charge is 0.224 e. The summed E-state index contributed by atoms with van der Waals surface area (Å²) in [5.41, 5.74) is 0. The zero-order chi connectivity index (χ0) is 12.1. The molecule has 0 amide bonds. The summed E-state index contributed by atoms with van der Waals surface area (Å²) in [5, 5.41) is 7.23. The molecule has 1 aromatic rings. The summed E-state index contributed by atoms with van der Waals surface area (Å²) < 4.78 is 0.919. The number of rotatable bonds is 5. The van der Waals surface area contributed by atoms with Crippen LogP contribution in [0.15, 0.2) is 10.7 Å². The SMILES string of the molecule is CCNc1ncc(Br)c(NCC2CCCS2)n1. The van der Waals surface area contributed by atoms with Gasteiger partial charge in [-0.2, -0.15) is 16.7 Å². The monoisotopic (exact) mass is 316 g/mol. The van der Waals surface area contributed by atoms with Crippen LogP contribution in [0.5, 0.6) is 0 Å². The number of hydrogen-bond donors (Lipinski definition) is 2.